The number of nitrogens with two attached hydrogens (primary N) is 1. The quantitative estimate of drug-likeness (QED) is 0.886. The van der Waals surface area contributed by atoms with E-state index >= 15 is 0 Å². The van der Waals surface area contributed by atoms with Gasteiger partial charge in [0, 0.05) is 0 Å². The molecule has 0 bridgehead atoms. The van der Waals surface area contributed by atoms with Gasteiger partial charge < -0.3 is 10.8 Å². The molecule has 0 saturated carbocycles. The lowest BCUT2D eigenvalue weighted by atomic mass is 9.96. The predicted molar refractivity (Wildman–Crippen MR) is 74.4 cm³/mol. The second-order valence-electron chi connectivity index (χ2n) is 4.76. The van der Waals surface area contributed by atoms with E-state index in [0.29, 0.717) is 18.0 Å². The van der Waals surface area contributed by atoms with Crippen LogP contribution in [0.4, 0.5) is 4.39 Å². The SMILES string of the molecule is CC(CN)c1ccc(C(O)c2ccc(F)cc2)cc1. The smallest absolute Gasteiger partial charge is 0.123 e. The molecule has 3 heteroatoms. The van der Waals surface area contributed by atoms with Crippen LogP contribution in [-0.4, -0.2) is 11.7 Å². The summed E-state index contributed by atoms with van der Waals surface area (Å²) in [4.78, 5) is 0. The molecule has 0 aliphatic heterocycles. The molecule has 2 rings (SSSR count). The highest BCUT2D eigenvalue weighted by atomic mass is 19.1. The first-order valence-corrected chi connectivity index (χ1v) is 6.35. The minimum Gasteiger partial charge on any atom is -0.384 e. The average molecular weight is 259 g/mol. The molecule has 3 N–H and O–H groups in total. The molecule has 0 amide bonds. The zero-order valence-corrected chi connectivity index (χ0v) is 10.9. The largest absolute Gasteiger partial charge is 0.384 e. The fourth-order valence-corrected chi connectivity index (χ4v) is 1.98. The third kappa shape index (κ3) is 3.19. The summed E-state index contributed by atoms with van der Waals surface area (Å²) >= 11 is 0. The second kappa shape index (κ2) is 5.95. The summed E-state index contributed by atoms with van der Waals surface area (Å²) in [5, 5.41) is 10.2. The normalized spacial score (nSPS) is 14.1. The fourth-order valence-electron chi connectivity index (χ4n) is 1.98. The Morgan fingerprint density at radius 3 is 1.84 bits per heavy atom. The van der Waals surface area contributed by atoms with Crippen molar-refractivity contribution in [1.29, 1.82) is 0 Å². The first-order chi connectivity index (χ1) is 9.11. The first kappa shape index (κ1) is 13.7. The monoisotopic (exact) mass is 259 g/mol. The third-order valence-corrected chi connectivity index (χ3v) is 3.36. The minimum absolute atomic E-state index is 0.303. The van der Waals surface area contributed by atoms with Crippen molar-refractivity contribution in [2.45, 2.75) is 18.9 Å². The molecule has 0 fully saturated rings. The molecule has 2 aromatic rings. The van der Waals surface area contributed by atoms with Crippen molar-refractivity contribution in [3.8, 4) is 0 Å². The number of hydrogen-bond donors (Lipinski definition) is 2. The molecule has 0 aromatic heterocycles. The molecule has 0 radical (unpaired) electrons. The second-order valence-corrected chi connectivity index (χ2v) is 4.76. The van der Waals surface area contributed by atoms with Gasteiger partial charge in [0.2, 0.25) is 0 Å². The Morgan fingerprint density at radius 2 is 1.37 bits per heavy atom. The van der Waals surface area contributed by atoms with Crippen LogP contribution in [0.25, 0.3) is 0 Å². The van der Waals surface area contributed by atoms with Crippen molar-refractivity contribution in [1.82, 2.24) is 0 Å². The van der Waals surface area contributed by atoms with Crippen molar-refractivity contribution in [3.63, 3.8) is 0 Å². The van der Waals surface area contributed by atoms with E-state index in [9.17, 15) is 9.50 Å². The molecule has 2 nitrogen and oxygen atoms in total. The Bertz CT molecular complexity index is 521. The predicted octanol–water partition coefficient (Wildman–Crippen LogP) is 2.97. The van der Waals surface area contributed by atoms with Gasteiger partial charge in [-0.1, -0.05) is 43.3 Å². The number of rotatable bonds is 4. The summed E-state index contributed by atoms with van der Waals surface area (Å²) in [6.07, 6.45) is -0.733. The standard InChI is InChI=1S/C16H18FNO/c1-11(10-18)12-2-4-13(5-3-12)16(19)14-6-8-15(17)9-7-14/h2-9,11,16,19H,10,18H2,1H3. The Hall–Kier alpha value is -1.71. The van der Waals surface area contributed by atoms with E-state index in [1.54, 1.807) is 12.1 Å². The zero-order valence-electron chi connectivity index (χ0n) is 10.9. The van der Waals surface area contributed by atoms with Gasteiger partial charge in [-0.2, -0.15) is 0 Å². The lowest BCUT2D eigenvalue weighted by molar-refractivity contribution is 0.220. The maximum atomic E-state index is 12.8. The molecule has 0 heterocycles. The van der Waals surface area contributed by atoms with E-state index in [-0.39, 0.29) is 5.82 Å². The van der Waals surface area contributed by atoms with Crippen LogP contribution in [-0.2, 0) is 0 Å². The summed E-state index contributed by atoms with van der Waals surface area (Å²) < 4.78 is 12.8. The van der Waals surface area contributed by atoms with E-state index < -0.39 is 6.10 Å². The molecule has 100 valence electrons. The maximum absolute atomic E-state index is 12.8. The Kier molecular flexibility index (Phi) is 4.30. The van der Waals surface area contributed by atoms with Gasteiger partial charge >= 0.3 is 0 Å². The summed E-state index contributed by atoms with van der Waals surface area (Å²) in [7, 11) is 0. The number of halogens is 1. The number of benzene rings is 2. The molecule has 2 unspecified atom stereocenters. The molecule has 19 heavy (non-hydrogen) atoms. The van der Waals surface area contributed by atoms with Crippen LogP contribution in [0.15, 0.2) is 48.5 Å². The van der Waals surface area contributed by atoms with Crippen LogP contribution in [0.1, 0.15) is 35.6 Å². The van der Waals surface area contributed by atoms with E-state index in [4.69, 9.17) is 5.73 Å². The van der Waals surface area contributed by atoms with Crippen LogP contribution in [0.2, 0.25) is 0 Å². The third-order valence-electron chi connectivity index (χ3n) is 3.36. The molecule has 2 atom stereocenters. The Labute approximate surface area is 112 Å². The summed E-state index contributed by atoms with van der Waals surface area (Å²) in [6, 6.07) is 13.6. The van der Waals surface area contributed by atoms with Crippen molar-refractivity contribution in [2.75, 3.05) is 6.54 Å². The van der Waals surface area contributed by atoms with E-state index in [1.165, 1.54) is 12.1 Å². The highest BCUT2D eigenvalue weighted by molar-refractivity contribution is 5.33. The molecule has 0 aliphatic carbocycles. The van der Waals surface area contributed by atoms with E-state index in [1.807, 2.05) is 24.3 Å². The van der Waals surface area contributed by atoms with Gasteiger partial charge in [0.05, 0.1) is 0 Å². The number of aliphatic hydroxyl groups excluding tert-OH is 1. The molecule has 0 spiro atoms. The average Bonchev–Trinajstić information content (AvgIpc) is 2.46. The van der Waals surface area contributed by atoms with Crippen molar-refractivity contribution >= 4 is 0 Å². The zero-order chi connectivity index (χ0) is 13.8. The maximum Gasteiger partial charge on any atom is 0.123 e. The van der Waals surface area contributed by atoms with Gasteiger partial charge in [0.1, 0.15) is 11.9 Å². The Balaban J connectivity index is 2.19. The number of hydrogen-bond acceptors (Lipinski definition) is 2. The van der Waals surface area contributed by atoms with Gasteiger partial charge in [-0.25, -0.2) is 4.39 Å². The van der Waals surface area contributed by atoms with Crippen molar-refractivity contribution < 1.29 is 9.50 Å². The van der Waals surface area contributed by atoms with Crippen molar-refractivity contribution in [2.24, 2.45) is 5.73 Å². The van der Waals surface area contributed by atoms with Gasteiger partial charge in [-0.15, -0.1) is 0 Å². The molecule has 0 aliphatic rings. The highest BCUT2D eigenvalue weighted by Gasteiger charge is 2.11. The summed E-state index contributed by atoms with van der Waals surface area (Å²) in [5.41, 5.74) is 8.25. The van der Waals surface area contributed by atoms with E-state index in [2.05, 4.69) is 6.92 Å². The summed E-state index contributed by atoms with van der Waals surface area (Å²) in [5.74, 6) is 0.0000764. The van der Waals surface area contributed by atoms with Gasteiger partial charge in [0.15, 0.2) is 0 Å². The van der Waals surface area contributed by atoms with Crippen LogP contribution in [0.3, 0.4) is 0 Å². The van der Waals surface area contributed by atoms with Gasteiger partial charge in [-0.05, 0) is 41.3 Å². The van der Waals surface area contributed by atoms with Crippen LogP contribution in [0.5, 0.6) is 0 Å². The molecular formula is C16H18FNO. The fraction of sp³-hybridized carbons (Fsp3) is 0.250. The molecular weight excluding hydrogens is 241 g/mol. The summed E-state index contributed by atoms with van der Waals surface area (Å²) in [6.45, 7) is 2.66. The molecule has 0 saturated heterocycles. The van der Waals surface area contributed by atoms with E-state index in [0.717, 1.165) is 11.1 Å². The van der Waals surface area contributed by atoms with Gasteiger partial charge in [0.25, 0.3) is 0 Å². The van der Waals surface area contributed by atoms with Crippen LogP contribution >= 0.6 is 0 Å². The van der Waals surface area contributed by atoms with Crippen LogP contribution < -0.4 is 5.73 Å². The van der Waals surface area contributed by atoms with Crippen LogP contribution in [0, 0.1) is 5.82 Å². The Morgan fingerprint density at radius 1 is 0.947 bits per heavy atom. The van der Waals surface area contributed by atoms with Crippen molar-refractivity contribution in [3.05, 3.63) is 71.0 Å². The minimum atomic E-state index is -0.733. The van der Waals surface area contributed by atoms with Gasteiger partial charge in [-0.3, -0.25) is 0 Å². The lowest BCUT2D eigenvalue weighted by Gasteiger charge is -2.14. The highest BCUT2D eigenvalue weighted by Crippen LogP contribution is 2.24. The number of aliphatic hydroxyl groups is 1. The first-order valence-electron chi connectivity index (χ1n) is 6.35. The lowest BCUT2D eigenvalue weighted by Crippen LogP contribution is -2.09. The molecule has 2 aromatic carbocycles. The topological polar surface area (TPSA) is 46.2 Å².